The summed E-state index contributed by atoms with van der Waals surface area (Å²) in [5.41, 5.74) is 2.85. The van der Waals surface area contributed by atoms with Gasteiger partial charge in [-0.2, -0.15) is 38.4 Å². The molecule has 0 saturated heterocycles. The molecule has 1 N–H and O–H groups in total. The van der Waals surface area contributed by atoms with Gasteiger partial charge < -0.3 is 5.11 Å². The van der Waals surface area contributed by atoms with E-state index >= 15 is 0 Å². The standard InChI is InChI=1S/C8H11ClN2S.C7H8Cl2N2S.2C5H4Cl2N2S.C2H6O.2C2H6.4CO2.Cl2OS/c1-4-6-5(2)10-8(12-3)11-7(6)9;1-3-4-5(8)10-7(12-2)11-6(4)9;2*1-10-5-8-3(6)2-4(7)9-5;1-2-3;2*1-2;4*2-1-3;1-4(2)3/h4H2,1-3H3;3H2,1-2H3;2*2H,1H3;3H,2H2,1H3;2*1-2H3;;;;;. The van der Waals surface area contributed by atoms with Crippen LogP contribution in [0.2, 0.25) is 36.1 Å². The SMILES string of the molecule is CC.CC.CCO.CCc1c(C)nc(SC)nc1Cl.CCc1c(Cl)nc(SC)nc1Cl.CSc1nc(Cl)cc(Cl)n1.CSc1nc(Cl)cc(Cl)n1.O=C=O.O=C=O.O=C=O.O=C=O.O=S(Cl)Cl. The number of aliphatic hydroxyl groups is 1. The Morgan fingerprint density at radius 2 is 0.657 bits per heavy atom. The second-order valence-corrected chi connectivity index (χ2v) is 16.6. The smallest absolute Gasteiger partial charge is 0.373 e. The van der Waals surface area contributed by atoms with Crippen LogP contribution in [0, 0.1) is 6.92 Å². The molecule has 0 fully saturated rings. The highest BCUT2D eigenvalue weighted by Crippen LogP contribution is 2.24. The van der Waals surface area contributed by atoms with E-state index < -0.39 is 9.23 Å². The van der Waals surface area contributed by atoms with E-state index in [1.54, 1.807) is 6.92 Å². The lowest BCUT2D eigenvalue weighted by atomic mass is 10.2. The molecule has 0 aliphatic heterocycles. The number of aromatic nitrogens is 8. The predicted molar refractivity (Wildman–Crippen MR) is 269 cm³/mol. The summed E-state index contributed by atoms with van der Waals surface area (Å²) in [6.45, 7) is 15.9. The molecule has 4 rings (SSSR count). The zero-order valence-corrected chi connectivity index (χ0v) is 48.3. The molecule has 18 nitrogen and oxygen atoms in total. The van der Waals surface area contributed by atoms with E-state index in [0.29, 0.717) is 51.5 Å². The first-order valence-corrected chi connectivity index (χ1v) is 27.6. The quantitative estimate of drug-likeness (QED) is 0.0812. The van der Waals surface area contributed by atoms with E-state index in [2.05, 4.69) is 68.2 Å². The Labute approximate surface area is 452 Å². The van der Waals surface area contributed by atoms with Gasteiger partial charge in [0.25, 0.3) is 0 Å². The third-order valence-electron chi connectivity index (χ3n) is 4.75. The molecule has 378 valence electrons. The average Bonchev–Trinajstić information content (AvgIpc) is 3.26. The third kappa shape index (κ3) is 56.4. The second-order valence-electron chi connectivity index (χ2n) is 8.38. The highest BCUT2D eigenvalue weighted by Gasteiger charge is 2.09. The third-order valence-corrected chi connectivity index (χ3v) is 8.66. The molecule has 4 heterocycles. The summed E-state index contributed by atoms with van der Waals surface area (Å²) >= 11 is 45.7. The normalized spacial score (nSPS) is 8.10. The first-order valence-electron chi connectivity index (χ1n) is 17.3. The maximum absolute atomic E-state index is 9.09. The molecule has 4 aromatic heterocycles. The number of aliphatic hydroxyl groups excluding tert-OH is 1. The fourth-order valence-electron chi connectivity index (χ4n) is 2.75. The first kappa shape index (κ1) is 81.9. The summed E-state index contributed by atoms with van der Waals surface area (Å²) in [5.74, 6) is 0. The number of rotatable bonds is 6. The molecule has 0 aliphatic rings. The number of halogens is 9. The summed E-state index contributed by atoms with van der Waals surface area (Å²) in [6.07, 6.45) is 10.2. The van der Waals surface area contributed by atoms with Crippen LogP contribution in [0.25, 0.3) is 0 Å². The second kappa shape index (κ2) is 62.0. The van der Waals surface area contributed by atoms with E-state index in [1.807, 2.05) is 66.6 Å². The van der Waals surface area contributed by atoms with Crippen molar-refractivity contribution in [1.29, 1.82) is 0 Å². The Morgan fingerprint density at radius 3 is 0.836 bits per heavy atom. The zero-order chi connectivity index (χ0) is 54.5. The largest absolute Gasteiger partial charge is 0.397 e. The molecule has 0 aromatic carbocycles. The minimum Gasteiger partial charge on any atom is -0.397 e. The zero-order valence-electron chi connectivity index (χ0n) is 37.4. The summed E-state index contributed by atoms with van der Waals surface area (Å²) in [5, 5.41) is 13.1. The Balaban J connectivity index is -0.000000100. The van der Waals surface area contributed by atoms with Crippen molar-refractivity contribution in [3.05, 3.63) is 65.0 Å². The van der Waals surface area contributed by atoms with Crippen molar-refractivity contribution in [2.24, 2.45) is 0 Å². The first-order chi connectivity index (χ1) is 31.6. The summed E-state index contributed by atoms with van der Waals surface area (Å²) in [6, 6.07) is 3.01. The number of aryl methyl sites for hydroxylation is 1. The lowest BCUT2D eigenvalue weighted by molar-refractivity contribution is -0.193. The van der Waals surface area contributed by atoms with Crippen LogP contribution >= 0.6 is 150 Å². The van der Waals surface area contributed by atoms with Gasteiger partial charge in [-0.05, 0) is 51.7 Å². The highest BCUT2D eigenvalue weighted by atomic mass is 36.0. The number of hydrogen-bond donors (Lipinski definition) is 1. The van der Waals surface area contributed by atoms with Crippen molar-refractivity contribution in [3.8, 4) is 0 Å². The van der Waals surface area contributed by atoms with Gasteiger partial charge >= 0.3 is 24.6 Å². The molecule has 0 radical (unpaired) electrons. The number of nitrogens with zero attached hydrogens (tertiary/aromatic N) is 8. The molecule has 0 bridgehead atoms. The van der Waals surface area contributed by atoms with E-state index in [4.69, 9.17) is 129 Å². The van der Waals surface area contributed by atoms with Crippen LogP contribution in [0.5, 0.6) is 0 Å². The van der Waals surface area contributed by atoms with Crippen molar-refractivity contribution in [2.75, 3.05) is 31.6 Å². The van der Waals surface area contributed by atoms with Gasteiger partial charge in [-0.1, -0.05) is 170 Å². The van der Waals surface area contributed by atoms with Gasteiger partial charge in [-0.15, -0.1) is 0 Å². The van der Waals surface area contributed by atoms with Crippen LogP contribution in [0.1, 0.15) is 65.3 Å². The van der Waals surface area contributed by atoms with Gasteiger partial charge in [0.1, 0.15) is 36.1 Å². The molecule has 0 atom stereocenters. The Hall–Kier alpha value is -2.04. The fourth-order valence-corrected chi connectivity index (χ4v) is 6.49. The molecule has 0 spiro atoms. The minimum absolute atomic E-state index is 0.250. The predicted octanol–water partition coefficient (Wildman–Crippen LogP) is 11.6. The van der Waals surface area contributed by atoms with Crippen LogP contribution in [0.3, 0.4) is 0 Å². The topological polar surface area (TPSA) is 277 Å². The van der Waals surface area contributed by atoms with Crippen LogP contribution in [0.15, 0.2) is 32.8 Å². The van der Waals surface area contributed by atoms with Crippen LogP contribution in [-0.4, -0.2) is 105 Å². The van der Waals surface area contributed by atoms with Crippen LogP contribution in [0.4, 0.5) is 0 Å². The molecule has 0 unspecified atom stereocenters. The van der Waals surface area contributed by atoms with Gasteiger partial charge in [0.15, 0.2) is 20.6 Å². The van der Waals surface area contributed by atoms with Crippen LogP contribution < -0.4 is 0 Å². The molecule has 67 heavy (non-hydrogen) atoms. The molecule has 0 amide bonds. The van der Waals surface area contributed by atoms with Gasteiger partial charge in [0.2, 0.25) is 9.23 Å². The summed E-state index contributed by atoms with van der Waals surface area (Å²) in [4.78, 5) is 97.1. The minimum atomic E-state index is -1.67. The van der Waals surface area contributed by atoms with E-state index in [9.17, 15) is 0 Å². The highest BCUT2D eigenvalue weighted by molar-refractivity contribution is 8.26. The maximum Gasteiger partial charge on any atom is 0.373 e. The lowest BCUT2D eigenvalue weighted by Gasteiger charge is -2.05. The van der Waals surface area contributed by atoms with E-state index in [1.165, 1.54) is 59.2 Å². The average molecular weight is 1220 g/mol. The van der Waals surface area contributed by atoms with Crippen molar-refractivity contribution >= 4 is 183 Å². The number of carbonyl (C=O) groups excluding carboxylic acids is 8. The van der Waals surface area contributed by atoms with E-state index in [-0.39, 0.29) is 31.2 Å². The Bertz CT molecular complexity index is 1790. The fraction of sp³-hybridized carbons (Fsp3) is 0.429. The van der Waals surface area contributed by atoms with Crippen molar-refractivity contribution in [3.63, 3.8) is 0 Å². The molecule has 4 aromatic rings. The monoisotopic (exact) mass is 1210 g/mol. The molecule has 0 saturated carbocycles. The molecule has 0 aliphatic carbocycles. The van der Waals surface area contributed by atoms with E-state index in [0.717, 1.165) is 34.8 Å². The van der Waals surface area contributed by atoms with Crippen molar-refractivity contribution < 1.29 is 47.7 Å². The van der Waals surface area contributed by atoms with Gasteiger partial charge in [-0.25, -0.2) is 44.1 Å². The number of hydrogen-bond acceptors (Lipinski definition) is 22. The van der Waals surface area contributed by atoms with Gasteiger partial charge in [0, 0.05) is 56.9 Å². The summed E-state index contributed by atoms with van der Waals surface area (Å²) in [7, 11) is 7.36. The lowest BCUT2D eigenvalue weighted by Crippen LogP contribution is -1.97. The van der Waals surface area contributed by atoms with Gasteiger partial charge in [0.05, 0.1) is 0 Å². The maximum atomic E-state index is 9.09. The van der Waals surface area contributed by atoms with Crippen molar-refractivity contribution in [1.82, 2.24) is 39.9 Å². The molecule has 32 heteroatoms. The number of thioether (sulfide) groups is 4. The van der Waals surface area contributed by atoms with Crippen LogP contribution in [-0.2, 0) is 60.4 Å². The Kier molecular flexibility index (Phi) is 75.8. The van der Waals surface area contributed by atoms with Crippen molar-refractivity contribution in [2.45, 2.75) is 88.9 Å². The Morgan fingerprint density at radius 1 is 0.478 bits per heavy atom. The van der Waals surface area contributed by atoms with Gasteiger partial charge in [-0.3, -0.25) is 0 Å². The molecular weight excluding hydrogens is 1170 g/mol. The summed E-state index contributed by atoms with van der Waals surface area (Å²) < 4.78 is 9.09. The molecular formula is C35H45Cl9N8O10S5.